The zero-order valence-corrected chi connectivity index (χ0v) is 32.9. The number of aromatic hydroxyl groups is 1. The average Bonchev–Trinajstić information content (AvgIpc) is 4.16. The number of carbonyl (C=O) groups is 5. The van der Waals surface area contributed by atoms with Crippen molar-refractivity contribution < 1.29 is 29.1 Å². The van der Waals surface area contributed by atoms with Crippen molar-refractivity contribution >= 4 is 52.6 Å². The monoisotopic (exact) mass is 807 g/mol. The number of hydrogen-bond donors (Lipinski definition) is 5. The zero-order valence-electron chi connectivity index (χ0n) is 31.4. The van der Waals surface area contributed by atoms with Crippen molar-refractivity contribution in [1.82, 2.24) is 26.2 Å². The number of phenols is 1. The van der Waals surface area contributed by atoms with Crippen LogP contribution in [0.5, 0.6) is 5.75 Å². The van der Waals surface area contributed by atoms with E-state index in [1.807, 2.05) is 59.5 Å². The van der Waals surface area contributed by atoms with Gasteiger partial charge in [-0.2, -0.15) is 0 Å². The Kier molecular flexibility index (Phi) is 12.0. The summed E-state index contributed by atoms with van der Waals surface area (Å²) in [6, 6.07) is 23.7. The lowest BCUT2D eigenvalue weighted by atomic mass is 9.89. The Bertz CT molecular complexity index is 2250. The molecule has 1 heterocycles. The number of amides is 4. The van der Waals surface area contributed by atoms with Crippen LogP contribution >= 0.6 is 23.2 Å². The van der Waals surface area contributed by atoms with E-state index in [1.54, 1.807) is 37.4 Å². The zero-order chi connectivity index (χ0) is 40.2. The second kappa shape index (κ2) is 17.2. The molecule has 2 fully saturated rings. The molecule has 2 atom stereocenters. The van der Waals surface area contributed by atoms with E-state index in [2.05, 4.69) is 21.3 Å². The van der Waals surface area contributed by atoms with Crippen molar-refractivity contribution in [3.63, 3.8) is 0 Å². The molecule has 0 aromatic heterocycles. The van der Waals surface area contributed by atoms with Crippen LogP contribution in [0.3, 0.4) is 0 Å². The minimum absolute atomic E-state index is 0.0293. The summed E-state index contributed by atoms with van der Waals surface area (Å²) in [5.74, 6) is -2.27. The fourth-order valence-electron chi connectivity index (χ4n) is 7.24. The van der Waals surface area contributed by atoms with Crippen molar-refractivity contribution in [1.29, 1.82) is 0 Å². The van der Waals surface area contributed by atoms with E-state index in [1.165, 1.54) is 0 Å². The van der Waals surface area contributed by atoms with Gasteiger partial charge in [0, 0.05) is 35.3 Å². The number of phenolic OH excluding ortho intramolecular Hbond substituents is 1. The van der Waals surface area contributed by atoms with Gasteiger partial charge >= 0.3 is 0 Å². The highest BCUT2D eigenvalue weighted by atomic mass is 35.5. The molecule has 5 N–H and O–H groups in total. The van der Waals surface area contributed by atoms with Crippen molar-refractivity contribution in [2.24, 2.45) is 0 Å². The van der Waals surface area contributed by atoms with Crippen LogP contribution in [-0.4, -0.2) is 78.0 Å². The second-order valence-electron chi connectivity index (χ2n) is 14.7. The van der Waals surface area contributed by atoms with Crippen LogP contribution < -0.4 is 21.3 Å². The summed E-state index contributed by atoms with van der Waals surface area (Å²) < 4.78 is 0. The molecule has 4 aromatic rings. The second-order valence-corrected chi connectivity index (χ2v) is 15.4. The number of benzene rings is 4. The first-order chi connectivity index (χ1) is 27.5. The molecule has 3 aliphatic rings. The quantitative estimate of drug-likeness (QED) is 0.120. The lowest BCUT2D eigenvalue weighted by molar-refractivity contribution is -0.131. The minimum atomic E-state index is -1.09. The largest absolute Gasteiger partial charge is 0.507 e. The maximum atomic E-state index is 14.3. The normalized spacial score (nSPS) is 17.7. The molecule has 0 saturated heterocycles. The number of carbonyl (C=O) groups excluding carboxylic acids is 5. The number of halogens is 2. The van der Waals surface area contributed by atoms with Gasteiger partial charge in [-0.25, -0.2) is 0 Å². The van der Waals surface area contributed by atoms with Gasteiger partial charge in [-0.15, -0.1) is 11.6 Å². The van der Waals surface area contributed by atoms with Gasteiger partial charge in [0.05, 0.1) is 25.5 Å². The van der Waals surface area contributed by atoms with Gasteiger partial charge < -0.3 is 31.3 Å². The molecule has 0 radical (unpaired) electrons. The highest BCUT2D eigenvalue weighted by Gasteiger charge is 2.34. The van der Waals surface area contributed by atoms with E-state index in [0.717, 1.165) is 59.2 Å². The Morgan fingerprint density at radius 3 is 2.23 bits per heavy atom. The van der Waals surface area contributed by atoms with Crippen molar-refractivity contribution in [2.45, 2.75) is 50.1 Å². The highest BCUT2D eigenvalue weighted by molar-refractivity contribution is 6.30. The number of alkyl halides is 1. The number of hydrogen-bond acceptors (Lipinski definition) is 7. The molecule has 1 aliphatic heterocycles. The number of allylic oxidation sites excluding steroid dienone is 1. The van der Waals surface area contributed by atoms with Gasteiger partial charge in [-0.05, 0) is 113 Å². The predicted octanol–water partition coefficient (Wildman–Crippen LogP) is 5.79. The van der Waals surface area contributed by atoms with Gasteiger partial charge in [0.1, 0.15) is 17.8 Å². The average molecular weight is 809 g/mol. The van der Waals surface area contributed by atoms with Crippen molar-refractivity contribution in [3.05, 3.63) is 123 Å². The molecule has 2 aliphatic carbocycles. The molecule has 4 bridgehead atoms. The molecule has 4 aromatic carbocycles. The third-order valence-electron chi connectivity index (χ3n) is 10.6. The van der Waals surface area contributed by atoms with E-state index < -0.39 is 36.3 Å². The van der Waals surface area contributed by atoms with Gasteiger partial charge in [-0.3, -0.25) is 24.0 Å². The Morgan fingerprint density at radius 1 is 0.860 bits per heavy atom. The summed E-state index contributed by atoms with van der Waals surface area (Å²) in [7, 11) is 1.80. The van der Waals surface area contributed by atoms with Crippen LogP contribution in [0, 0.1) is 0 Å². The van der Waals surface area contributed by atoms with Gasteiger partial charge in [0.15, 0.2) is 5.78 Å². The van der Waals surface area contributed by atoms with E-state index in [-0.39, 0.29) is 48.7 Å². The van der Waals surface area contributed by atoms with Gasteiger partial charge in [0.25, 0.3) is 5.91 Å². The SMILES string of the molecule is CN(C(CNC(=O)c1ccc(-c2ccc(Cl)cc2)cc1)=C1CC1)C1C(=O)NCC(=O)NC(C(=O)NCC(=O)CCl)Cc2ccc(O)c(c2)-c2cc1ccc2C1CC1. The van der Waals surface area contributed by atoms with Crippen molar-refractivity contribution in [2.75, 3.05) is 32.6 Å². The predicted molar refractivity (Wildman–Crippen MR) is 219 cm³/mol. The standard InChI is InChI=1S/C44H43Cl2N5O6/c1-51(38(29-7-8-29)23-48-42(55)30-9-3-26(4-10-30)27-11-14-32(46)15-12-27)41-31-13-16-34(28-5-6-28)35(20-31)36-18-25(2-17-39(36)53)19-37(43(56)47-22-33(52)21-45)50-40(54)24-49-44(41)57/h2-4,9-18,20,28,37,41,53H,5-8,19,21-24H2,1H3,(H,47,56)(H,48,55)(H,49,57)(H,50,54). The number of nitrogens with zero attached hydrogens (tertiary/aromatic N) is 1. The molecule has 57 heavy (non-hydrogen) atoms. The number of Topliss-reactive ketones (excluding diaryl/α,β-unsaturated/α-hetero) is 1. The first kappa shape index (κ1) is 39.6. The molecular formula is C44H43Cl2N5O6. The van der Waals surface area contributed by atoms with Crippen LogP contribution in [0.25, 0.3) is 22.3 Å². The molecule has 4 amide bonds. The summed E-state index contributed by atoms with van der Waals surface area (Å²) in [5.41, 5.74) is 7.95. The van der Waals surface area contributed by atoms with Crippen molar-refractivity contribution in [3.8, 4) is 28.0 Å². The Balaban J connectivity index is 1.18. The summed E-state index contributed by atoms with van der Waals surface area (Å²) in [6.07, 6.45) is 3.67. The van der Waals surface area contributed by atoms with Crippen LogP contribution in [0.2, 0.25) is 5.02 Å². The highest BCUT2D eigenvalue weighted by Crippen LogP contribution is 2.47. The van der Waals surface area contributed by atoms with Crippen LogP contribution in [0.4, 0.5) is 0 Å². The minimum Gasteiger partial charge on any atom is -0.507 e. The summed E-state index contributed by atoms with van der Waals surface area (Å²) in [4.78, 5) is 68.1. The Hall–Kier alpha value is -5.65. The summed E-state index contributed by atoms with van der Waals surface area (Å²) in [5, 5.41) is 23.0. The van der Waals surface area contributed by atoms with E-state index in [9.17, 15) is 29.1 Å². The summed E-state index contributed by atoms with van der Waals surface area (Å²) >= 11 is 11.7. The molecule has 7 rings (SSSR count). The Morgan fingerprint density at radius 2 is 1.56 bits per heavy atom. The van der Waals surface area contributed by atoms with Gasteiger partial charge in [-0.1, -0.05) is 54.1 Å². The van der Waals surface area contributed by atoms with Gasteiger partial charge in [0.2, 0.25) is 17.7 Å². The lowest BCUT2D eigenvalue weighted by Crippen LogP contribution is -2.52. The number of nitrogens with one attached hydrogen (secondary N) is 4. The maximum Gasteiger partial charge on any atom is 0.251 e. The first-order valence-corrected chi connectivity index (χ1v) is 19.9. The lowest BCUT2D eigenvalue weighted by Gasteiger charge is -2.32. The number of likely N-dealkylation sites (N-methyl/N-ethyl adjacent to an activating group) is 1. The fraction of sp³-hybridized carbons (Fsp3) is 0.295. The van der Waals surface area contributed by atoms with Crippen LogP contribution in [-0.2, 0) is 25.6 Å². The Labute approximate surface area is 340 Å². The molecule has 294 valence electrons. The van der Waals surface area contributed by atoms with Crippen LogP contribution in [0.15, 0.2) is 96.2 Å². The topological polar surface area (TPSA) is 157 Å². The van der Waals surface area contributed by atoms with E-state index >= 15 is 0 Å². The smallest absolute Gasteiger partial charge is 0.251 e. The molecule has 2 saturated carbocycles. The number of ketones is 1. The molecule has 2 unspecified atom stereocenters. The fourth-order valence-corrected chi connectivity index (χ4v) is 7.46. The molecular weight excluding hydrogens is 765 g/mol. The number of fused-ring (bicyclic) bond motifs is 5. The summed E-state index contributed by atoms with van der Waals surface area (Å²) in [6.45, 7) is -0.560. The van der Waals surface area contributed by atoms with E-state index in [4.69, 9.17) is 23.2 Å². The number of rotatable bonds is 11. The molecule has 11 nitrogen and oxygen atoms in total. The third kappa shape index (κ3) is 9.49. The van der Waals surface area contributed by atoms with E-state index in [0.29, 0.717) is 27.3 Å². The first-order valence-electron chi connectivity index (χ1n) is 19.0. The van der Waals surface area contributed by atoms with Crippen LogP contribution in [0.1, 0.15) is 64.7 Å². The molecule has 13 heteroatoms. The third-order valence-corrected chi connectivity index (χ3v) is 11.1. The maximum absolute atomic E-state index is 14.3. The molecule has 0 spiro atoms.